The maximum absolute atomic E-state index is 12.1. The van der Waals surface area contributed by atoms with E-state index in [1.807, 2.05) is 54.6 Å². The Balaban J connectivity index is 1.74. The van der Waals surface area contributed by atoms with Crippen LogP contribution in [0.4, 0.5) is 5.69 Å². The van der Waals surface area contributed by atoms with Gasteiger partial charge in [0, 0.05) is 17.0 Å². The molecule has 0 aliphatic heterocycles. The zero-order valence-corrected chi connectivity index (χ0v) is 12.7. The predicted molar refractivity (Wildman–Crippen MR) is 92.4 cm³/mol. The molecule has 0 saturated carbocycles. The van der Waals surface area contributed by atoms with Gasteiger partial charge in [0.2, 0.25) is 5.91 Å². The number of pyridine rings is 1. The van der Waals surface area contributed by atoms with E-state index in [4.69, 9.17) is 4.74 Å². The van der Waals surface area contributed by atoms with Crippen molar-refractivity contribution >= 4 is 28.6 Å². The van der Waals surface area contributed by atoms with Crippen LogP contribution >= 0.6 is 0 Å². The Morgan fingerprint density at radius 1 is 1.13 bits per heavy atom. The maximum Gasteiger partial charge on any atom is 0.248 e. The summed E-state index contributed by atoms with van der Waals surface area (Å²) in [5.41, 5.74) is 2.41. The average molecular weight is 304 g/mol. The Morgan fingerprint density at radius 3 is 2.78 bits per heavy atom. The van der Waals surface area contributed by atoms with Gasteiger partial charge < -0.3 is 10.1 Å². The van der Waals surface area contributed by atoms with Gasteiger partial charge >= 0.3 is 0 Å². The van der Waals surface area contributed by atoms with Crippen LogP contribution in [0.2, 0.25) is 0 Å². The van der Waals surface area contributed by atoms with Crippen LogP contribution in [-0.4, -0.2) is 18.0 Å². The molecule has 1 heterocycles. The van der Waals surface area contributed by atoms with Crippen LogP contribution in [0.1, 0.15) is 5.56 Å². The Kier molecular flexibility index (Phi) is 4.34. The van der Waals surface area contributed by atoms with Gasteiger partial charge in [-0.25, -0.2) is 0 Å². The molecule has 0 aliphatic carbocycles. The number of hydrogen-bond donors (Lipinski definition) is 1. The number of nitrogens with zero attached hydrogens (tertiary/aromatic N) is 1. The van der Waals surface area contributed by atoms with Crippen LogP contribution in [0.15, 0.2) is 66.9 Å². The van der Waals surface area contributed by atoms with E-state index in [0.717, 1.165) is 22.2 Å². The number of ether oxygens (including phenoxy) is 1. The highest BCUT2D eigenvalue weighted by atomic mass is 16.5. The molecule has 1 N–H and O–H groups in total. The Labute approximate surface area is 134 Å². The molecule has 0 atom stereocenters. The van der Waals surface area contributed by atoms with Crippen LogP contribution in [0.25, 0.3) is 17.0 Å². The van der Waals surface area contributed by atoms with E-state index in [9.17, 15) is 4.79 Å². The minimum Gasteiger partial charge on any atom is -0.496 e. The van der Waals surface area contributed by atoms with Gasteiger partial charge in [0.05, 0.1) is 24.5 Å². The van der Waals surface area contributed by atoms with E-state index in [0.29, 0.717) is 5.69 Å². The first-order valence-electron chi connectivity index (χ1n) is 7.23. The molecule has 1 amide bonds. The number of anilines is 1. The molecular formula is C19H16N2O2. The van der Waals surface area contributed by atoms with Gasteiger partial charge in [-0.3, -0.25) is 9.78 Å². The molecule has 0 spiro atoms. The number of rotatable bonds is 4. The second kappa shape index (κ2) is 6.75. The lowest BCUT2D eigenvalue weighted by atomic mass is 10.2. The number of hydrogen-bond acceptors (Lipinski definition) is 3. The van der Waals surface area contributed by atoms with Crippen LogP contribution in [0.3, 0.4) is 0 Å². The number of nitrogens with one attached hydrogen (secondary N) is 1. The lowest BCUT2D eigenvalue weighted by Gasteiger charge is -2.05. The molecule has 0 bridgehead atoms. The number of aromatic nitrogens is 1. The van der Waals surface area contributed by atoms with Crippen molar-refractivity contribution in [3.8, 4) is 5.75 Å². The van der Waals surface area contributed by atoms with Gasteiger partial charge in [-0.1, -0.05) is 36.4 Å². The summed E-state index contributed by atoms with van der Waals surface area (Å²) in [7, 11) is 1.60. The van der Waals surface area contributed by atoms with Gasteiger partial charge in [-0.2, -0.15) is 0 Å². The summed E-state index contributed by atoms with van der Waals surface area (Å²) < 4.78 is 5.25. The van der Waals surface area contributed by atoms with Crippen molar-refractivity contribution < 1.29 is 9.53 Å². The molecule has 0 saturated heterocycles. The third-order valence-electron chi connectivity index (χ3n) is 3.41. The van der Waals surface area contributed by atoms with Crippen molar-refractivity contribution in [3.63, 3.8) is 0 Å². The molecule has 3 aromatic rings. The summed E-state index contributed by atoms with van der Waals surface area (Å²) in [5.74, 6) is 0.511. The SMILES string of the molecule is COc1ccccc1/C=C/C(=O)Nc1cnc2ccccc2c1. The van der Waals surface area contributed by atoms with Gasteiger partial charge in [-0.05, 0) is 24.3 Å². The molecule has 3 rings (SSSR count). The van der Waals surface area contributed by atoms with E-state index < -0.39 is 0 Å². The number of benzene rings is 2. The molecule has 0 fully saturated rings. The van der Waals surface area contributed by atoms with Crippen LogP contribution in [0.5, 0.6) is 5.75 Å². The fraction of sp³-hybridized carbons (Fsp3) is 0.0526. The fourth-order valence-corrected chi connectivity index (χ4v) is 2.29. The fourth-order valence-electron chi connectivity index (χ4n) is 2.29. The minimum atomic E-state index is -0.215. The number of amides is 1. The van der Waals surface area contributed by atoms with Gasteiger partial charge in [0.25, 0.3) is 0 Å². The van der Waals surface area contributed by atoms with Crippen LogP contribution in [0, 0.1) is 0 Å². The zero-order chi connectivity index (χ0) is 16.1. The van der Waals surface area contributed by atoms with Crippen LogP contribution < -0.4 is 10.1 Å². The van der Waals surface area contributed by atoms with E-state index in [2.05, 4.69) is 10.3 Å². The van der Waals surface area contributed by atoms with Crippen molar-refractivity contribution in [2.75, 3.05) is 12.4 Å². The molecule has 0 unspecified atom stereocenters. The lowest BCUT2D eigenvalue weighted by Crippen LogP contribution is -2.08. The monoisotopic (exact) mass is 304 g/mol. The van der Waals surface area contributed by atoms with Crippen LogP contribution in [-0.2, 0) is 4.79 Å². The first-order chi connectivity index (χ1) is 11.3. The molecule has 4 heteroatoms. The van der Waals surface area contributed by atoms with Gasteiger partial charge in [0.1, 0.15) is 5.75 Å². The maximum atomic E-state index is 12.1. The topological polar surface area (TPSA) is 51.2 Å². The normalized spacial score (nSPS) is 10.8. The number of carbonyl (C=O) groups excluding carboxylic acids is 1. The molecule has 114 valence electrons. The van der Waals surface area contributed by atoms with Crippen molar-refractivity contribution in [1.82, 2.24) is 4.98 Å². The van der Waals surface area contributed by atoms with Crippen molar-refractivity contribution in [3.05, 3.63) is 72.4 Å². The van der Waals surface area contributed by atoms with Crippen molar-refractivity contribution in [2.24, 2.45) is 0 Å². The molecule has 1 aromatic heterocycles. The summed E-state index contributed by atoms with van der Waals surface area (Å²) in [4.78, 5) is 16.4. The smallest absolute Gasteiger partial charge is 0.248 e. The number of methoxy groups -OCH3 is 1. The summed E-state index contributed by atoms with van der Waals surface area (Å²) in [5, 5.41) is 3.80. The first-order valence-corrected chi connectivity index (χ1v) is 7.23. The largest absolute Gasteiger partial charge is 0.496 e. The predicted octanol–water partition coefficient (Wildman–Crippen LogP) is 3.90. The van der Waals surface area contributed by atoms with E-state index >= 15 is 0 Å². The second-order valence-corrected chi connectivity index (χ2v) is 4.98. The third-order valence-corrected chi connectivity index (χ3v) is 3.41. The van der Waals surface area contributed by atoms with E-state index in [1.54, 1.807) is 19.4 Å². The average Bonchev–Trinajstić information content (AvgIpc) is 2.60. The third kappa shape index (κ3) is 3.55. The molecule has 4 nitrogen and oxygen atoms in total. The zero-order valence-electron chi connectivity index (χ0n) is 12.7. The van der Waals surface area contributed by atoms with E-state index in [1.165, 1.54) is 6.08 Å². The molecule has 2 aromatic carbocycles. The first kappa shape index (κ1) is 14.8. The standard InChI is InChI=1S/C19H16N2O2/c1-23-18-9-5-3-6-14(18)10-11-19(22)21-16-12-15-7-2-4-8-17(15)20-13-16/h2-13H,1H3,(H,21,22)/b11-10+. The van der Waals surface area contributed by atoms with Gasteiger partial charge in [-0.15, -0.1) is 0 Å². The molecule has 23 heavy (non-hydrogen) atoms. The highest BCUT2D eigenvalue weighted by molar-refractivity contribution is 6.02. The highest BCUT2D eigenvalue weighted by Crippen LogP contribution is 2.19. The molecular weight excluding hydrogens is 288 g/mol. The lowest BCUT2D eigenvalue weighted by molar-refractivity contribution is -0.111. The second-order valence-electron chi connectivity index (χ2n) is 4.98. The quantitative estimate of drug-likeness (QED) is 0.744. The molecule has 0 aliphatic rings. The Hall–Kier alpha value is -3.14. The summed E-state index contributed by atoms with van der Waals surface area (Å²) in [6.07, 6.45) is 4.85. The number of carbonyl (C=O) groups is 1. The van der Waals surface area contributed by atoms with Crippen molar-refractivity contribution in [1.29, 1.82) is 0 Å². The summed E-state index contributed by atoms with van der Waals surface area (Å²) >= 11 is 0. The Morgan fingerprint density at radius 2 is 1.91 bits per heavy atom. The Bertz CT molecular complexity index is 872. The summed E-state index contributed by atoms with van der Waals surface area (Å²) in [6.45, 7) is 0. The summed E-state index contributed by atoms with van der Waals surface area (Å²) in [6, 6.07) is 17.2. The van der Waals surface area contributed by atoms with Gasteiger partial charge in [0.15, 0.2) is 0 Å². The molecule has 0 radical (unpaired) electrons. The number of fused-ring (bicyclic) bond motifs is 1. The van der Waals surface area contributed by atoms with E-state index in [-0.39, 0.29) is 5.91 Å². The number of para-hydroxylation sites is 2. The highest BCUT2D eigenvalue weighted by Gasteiger charge is 2.02. The van der Waals surface area contributed by atoms with Crippen molar-refractivity contribution in [2.45, 2.75) is 0 Å². The minimum absolute atomic E-state index is 0.215.